The van der Waals surface area contributed by atoms with Gasteiger partial charge < -0.3 is 25.2 Å². The third-order valence-electron chi connectivity index (χ3n) is 3.30. The summed E-state index contributed by atoms with van der Waals surface area (Å²) in [7, 11) is 4.77. The van der Waals surface area contributed by atoms with Gasteiger partial charge in [0, 0.05) is 20.1 Å². The van der Waals surface area contributed by atoms with Crippen molar-refractivity contribution in [2.45, 2.75) is 32.7 Å². The molecule has 0 atom stereocenters. The zero-order chi connectivity index (χ0) is 16.4. The first-order valence-corrected chi connectivity index (χ1v) is 7.54. The molecule has 0 aliphatic carbocycles. The third-order valence-corrected chi connectivity index (χ3v) is 3.30. The number of ether oxygens (including phenoxy) is 2. The van der Waals surface area contributed by atoms with Gasteiger partial charge in [0.25, 0.3) is 0 Å². The third kappa shape index (κ3) is 7.15. The number of unbranched alkanes of at least 4 members (excludes halogenated alkanes) is 2. The molecule has 0 aliphatic heterocycles. The van der Waals surface area contributed by atoms with Crippen LogP contribution in [0.15, 0.2) is 17.1 Å². The fourth-order valence-electron chi connectivity index (χ4n) is 2.04. The fourth-order valence-corrected chi connectivity index (χ4v) is 2.04. The topological polar surface area (TPSA) is 75.1 Å². The summed E-state index contributed by atoms with van der Waals surface area (Å²) in [6.07, 6.45) is 3.52. The van der Waals surface area contributed by atoms with E-state index in [9.17, 15) is 5.11 Å². The maximum Gasteiger partial charge on any atom is 0.200 e. The predicted octanol–water partition coefficient (Wildman–Crippen LogP) is 2.88. The van der Waals surface area contributed by atoms with Crippen molar-refractivity contribution in [2.24, 2.45) is 4.99 Å². The number of halogens is 1. The van der Waals surface area contributed by atoms with E-state index in [1.165, 1.54) is 27.1 Å². The lowest BCUT2D eigenvalue weighted by Gasteiger charge is -2.14. The van der Waals surface area contributed by atoms with E-state index in [0.717, 1.165) is 24.5 Å². The summed E-state index contributed by atoms with van der Waals surface area (Å²) in [6.45, 7) is 3.63. The minimum atomic E-state index is 0. The zero-order valence-electron chi connectivity index (χ0n) is 14.3. The number of phenolic OH excluding ortho intramolecular Hbond substituents is 1. The SMILES string of the molecule is CCCCCNC(=NC)NCc1cc(OC)c(O)c(OC)c1.I. The standard InChI is InChI=1S/C16H27N3O3.HI/c1-5-6-7-8-18-16(17-2)19-11-12-9-13(21-3)15(20)14(10-12)22-4;/h9-10,20H,5-8,11H2,1-4H3,(H2,17,18,19);1H. The number of hydrogen-bond donors (Lipinski definition) is 3. The predicted molar refractivity (Wildman–Crippen MR) is 104 cm³/mol. The summed E-state index contributed by atoms with van der Waals surface area (Å²) >= 11 is 0. The van der Waals surface area contributed by atoms with E-state index >= 15 is 0 Å². The molecule has 1 aromatic rings. The Balaban J connectivity index is 0.00000484. The molecule has 0 aromatic heterocycles. The second-order valence-corrected chi connectivity index (χ2v) is 4.91. The van der Waals surface area contributed by atoms with Gasteiger partial charge in [0.2, 0.25) is 5.75 Å². The summed E-state index contributed by atoms with van der Waals surface area (Å²) < 4.78 is 10.3. The average molecular weight is 437 g/mol. The van der Waals surface area contributed by atoms with Crippen LogP contribution in [0.25, 0.3) is 0 Å². The van der Waals surface area contributed by atoms with E-state index in [1.54, 1.807) is 19.2 Å². The first kappa shape index (κ1) is 21.6. The van der Waals surface area contributed by atoms with Crippen molar-refractivity contribution in [3.63, 3.8) is 0 Å². The Morgan fingerprint density at radius 1 is 1.13 bits per heavy atom. The van der Waals surface area contributed by atoms with Gasteiger partial charge in [-0.2, -0.15) is 0 Å². The molecule has 0 unspecified atom stereocenters. The Bertz CT molecular complexity index is 470. The number of nitrogens with zero attached hydrogens (tertiary/aromatic N) is 1. The highest BCUT2D eigenvalue weighted by Crippen LogP contribution is 2.36. The van der Waals surface area contributed by atoms with Crippen molar-refractivity contribution >= 4 is 29.9 Å². The molecule has 1 aromatic carbocycles. The maximum absolute atomic E-state index is 9.90. The Kier molecular flexibility index (Phi) is 11.4. The molecule has 6 nitrogen and oxygen atoms in total. The van der Waals surface area contributed by atoms with Gasteiger partial charge >= 0.3 is 0 Å². The number of rotatable bonds is 8. The molecular weight excluding hydrogens is 409 g/mol. The van der Waals surface area contributed by atoms with Crippen molar-refractivity contribution in [3.05, 3.63) is 17.7 Å². The molecule has 3 N–H and O–H groups in total. The van der Waals surface area contributed by atoms with E-state index in [2.05, 4.69) is 22.5 Å². The fraction of sp³-hybridized carbons (Fsp3) is 0.562. The molecule has 7 heteroatoms. The van der Waals surface area contributed by atoms with Gasteiger partial charge in [-0.25, -0.2) is 0 Å². The van der Waals surface area contributed by atoms with Crippen LogP contribution in [0.5, 0.6) is 17.2 Å². The largest absolute Gasteiger partial charge is 0.502 e. The summed E-state index contributed by atoms with van der Waals surface area (Å²) in [5.41, 5.74) is 0.933. The van der Waals surface area contributed by atoms with Crippen LogP contribution in [0, 0.1) is 0 Å². The summed E-state index contributed by atoms with van der Waals surface area (Å²) in [6, 6.07) is 3.55. The van der Waals surface area contributed by atoms with Crippen molar-refractivity contribution in [1.29, 1.82) is 0 Å². The van der Waals surface area contributed by atoms with E-state index < -0.39 is 0 Å². The number of aliphatic imine (C=N–C) groups is 1. The first-order chi connectivity index (χ1) is 10.7. The second kappa shape index (κ2) is 12.1. The van der Waals surface area contributed by atoms with Gasteiger partial charge in [0.05, 0.1) is 14.2 Å². The quantitative estimate of drug-likeness (QED) is 0.253. The van der Waals surface area contributed by atoms with Gasteiger partial charge in [-0.1, -0.05) is 19.8 Å². The molecule has 23 heavy (non-hydrogen) atoms. The van der Waals surface area contributed by atoms with Crippen molar-refractivity contribution in [1.82, 2.24) is 10.6 Å². The number of guanidine groups is 1. The lowest BCUT2D eigenvalue weighted by molar-refractivity contribution is 0.339. The monoisotopic (exact) mass is 437 g/mol. The number of nitrogens with one attached hydrogen (secondary N) is 2. The summed E-state index contributed by atoms with van der Waals surface area (Å²) in [4.78, 5) is 4.19. The van der Waals surface area contributed by atoms with Gasteiger partial charge in [-0.05, 0) is 24.1 Å². The smallest absolute Gasteiger partial charge is 0.200 e. The first-order valence-electron chi connectivity index (χ1n) is 7.54. The highest BCUT2D eigenvalue weighted by atomic mass is 127. The molecule has 1 rings (SSSR count). The number of benzene rings is 1. The molecule has 0 radical (unpaired) electrons. The van der Waals surface area contributed by atoms with Gasteiger partial charge in [-0.3, -0.25) is 4.99 Å². The van der Waals surface area contributed by atoms with Gasteiger partial charge in [0.1, 0.15) is 0 Å². The molecule has 0 fully saturated rings. The van der Waals surface area contributed by atoms with Gasteiger partial charge in [-0.15, -0.1) is 24.0 Å². The van der Waals surface area contributed by atoms with Gasteiger partial charge in [0.15, 0.2) is 17.5 Å². The molecular formula is C16H28IN3O3. The summed E-state index contributed by atoms with van der Waals surface area (Å²) in [5, 5.41) is 16.4. The zero-order valence-corrected chi connectivity index (χ0v) is 16.6. The second-order valence-electron chi connectivity index (χ2n) is 4.91. The molecule has 0 heterocycles. The minimum Gasteiger partial charge on any atom is -0.502 e. The van der Waals surface area contributed by atoms with Crippen molar-refractivity contribution in [2.75, 3.05) is 27.8 Å². The van der Waals surface area contributed by atoms with Crippen molar-refractivity contribution in [3.8, 4) is 17.2 Å². The highest BCUT2D eigenvalue weighted by molar-refractivity contribution is 14.0. The Morgan fingerprint density at radius 2 is 1.74 bits per heavy atom. The van der Waals surface area contributed by atoms with Crippen LogP contribution in [-0.2, 0) is 6.54 Å². The molecule has 0 aliphatic rings. The minimum absolute atomic E-state index is 0. The highest BCUT2D eigenvalue weighted by Gasteiger charge is 2.11. The molecule has 0 spiro atoms. The molecule has 0 bridgehead atoms. The van der Waals surface area contributed by atoms with Crippen LogP contribution in [-0.4, -0.2) is 38.9 Å². The number of hydrogen-bond acceptors (Lipinski definition) is 4. The number of phenols is 1. The lowest BCUT2D eigenvalue weighted by Crippen LogP contribution is -2.37. The normalized spacial score (nSPS) is 10.7. The van der Waals surface area contributed by atoms with Crippen LogP contribution in [0.4, 0.5) is 0 Å². The van der Waals surface area contributed by atoms with Crippen LogP contribution in [0.2, 0.25) is 0 Å². The van der Waals surface area contributed by atoms with E-state index in [4.69, 9.17) is 9.47 Å². The molecule has 0 saturated heterocycles. The molecule has 0 saturated carbocycles. The van der Waals surface area contributed by atoms with E-state index in [0.29, 0.717) is 18.0 Å². The Morgan fingerprint density at radius 3 is 2.22 bits per heavy atom. The lowest BCUT2D eigenvalue weighted by atomic mass is 10.2. The average Bonchev–Trinajstić information content (AvgIpc) is 2.55. The molecule has 0 amide bonds. The summed E-state index contributed by atoms with van der Waals surface area (Å²) in [5.74, 6) is 1.54. The Labute approximate surface area is 155 Å². The molecule has 132 valence electrons. The Hall–Kier alpha value is -1.38. The van der Waals surface area contributed by atoms with E-state index in [-0.39, 0.29) is 29.7 Å². The number of aromatic hydroxyl groups is 1. The van der Waals surface area contributed by atoms with Crippen molar-refractivity contribution < 1.29 is 14.6 Å². The van der Waals surface area contributed by atoms with Crippen LogP contribution in [0.3, 0.4) is 0 Å². The van der Waals surface area contributed by atoms with Crippen LogP contribution in [0.1, 0.15) is 31.7 Å². The van der Waals surface area contributed by atoms with Crippen LogP contribution >= 0.6 is 24.0 Å². The van der Waals surface area contributed by atoms with E-state index in [1.807, 2.05) is 0 Å². The van der Waals surface area contributed by atoms with Crippen LogP contribution < -0.4 is 20.1 Å². The number of methoxy groups -OCH3 is 2. The maximum atomic E-state index is 9.90.